The van der Waals surface area contributed by atoms with Crippen LogP contribution in [0, 0.1) is 0 Å². The highest BCUT2D eigenvalue weighted by molar-refractivity contribution is 5.78. The molecule has 19 heavy (non-hydrogen) atoms. The summed E-state index contributed by atoms with van der Waals surface area (Å²) in [6.45, 7) is 6.25. The van der Waals surface area contributed by atoms with Gasteiger partial charge in [-0.1, -0.05) is 30.3 Å². The van der Waals surface area contributed by atoms with Crippen LogP contribution in [0.2, 0.25) is 0 Å². The molecule has 3 heteroatoms. The van der Waals surface area contributed by atoms with Gasteiger partial charge >= 0.3 is 0 Å². The molecule has 1 heterocycles. The van der Waals surface area contributed by atoms with E-state index in [1.807, 2.05) is 23.1 Å². The fourth-order valence-corrected chi connectivity index (χ4v) is 2.95. The Kier molecular flexibility index (Phi) is 3.95. The highest BCUT2D eigenvalue weighted by Crippen LogP contribution is 2.35. The highest BCUT2D eigenvalue weighted by Gasteiger charge is 2.38. The fourth-order valence-electron chi connectivity index (χ4n) is 2.95. The minimum atomic E-state index is -0.209. The summed E-state index contributed by atoms with van der Waals surface area (Å²) in [4.78, 5) is 14.4. The molecule has 104 valence electrons. The van der Waals surface area contributed by atoms with Crippen molar-refractivity contribution in [2.45, 2.75) is 57.7 Å². The maximum absolute atomic E-state index is 12.5. The van der Waals surface area contributed by atoms with Crippen molar-refractivity contribution in [3.63, 3.8) is 0 Å². The minimum absolute atomic E-state index is 0.00748. The molecule has 1 fully saturated rings. The smallest absolute Gasteiger partial charge is 0.223 e. The van der Waals surface area contributed by atoms with Gasteiger partial charge in [-0.15, -0.1) is 0 Å². The lowest BCUT2D eigenvalue weighted by Crippen LogP contribution is -2.51. The van der Waals surface area contributed by atoms with Gasteiger partial charge in [0.25, 0.3) is 0 Å². The first-order chi connectivity index (χ1) is 8.91. The number of amides is 1. The van der Waals surface area contributed by atoms with Crippen molar-refractivity contribution in [3.8, 4) is 0 Å². The Morgan fingerprint density at radius 3 is 2.42 bits per heavy atom. The lowest BCUT2D eigenvalue weighted by Gasteiger charge is -2.43. The average molecular weight is 260 g/mol. The second-order valence-electron chi connectivity index (χ2n) is 6.35. The lowest BCUT2D eigenvalue weighted by atomic mass is 9.92. The van der Waals surface area contributed by atoms with Crippen LogP contribution in [0.25, 0.3) is 0 Å². The molecule has 1 saturated heterocycles. The Hall–Kier alpha value is -1.35. The first kappa shape index (κ1) is 14.1. The number of nitrogens with two attached hydrogens (primary N) is 1. The molecule has 1 amide bonds. The van der Waals surface area contributed by atoms with E-state index in [9.17, 15) is 4.79 Å². The standard InChI is InChI=1S/C16H24N2O/c1-16(2,3)18-14(19)11-7-10-13(17)15(18)12-8-5-4-6-9-12/h4-6,8-9,13,15H,7,10-11,17H2,1-3H3. The molecule has 0 aliphatic carbocycles. The van der Waals surface area contributed by atoms with Gasteiger partial charge in [-0.3, -0.25) is 4.79 Å². The summed E-state index contributed by atoms with van der Waals surface area (Å²) in [7, 11) is 0. The molecule has 0 aromatic heterocycles. The lowest BCUT2D eigenvalue weighted by molar-refractivity contribution is -0.139. The van der Waals surface area contributed by atoms with E-state index < -0.39 is 0 Å². The van der Waals surface area contributed by atoms with Crippen LogP contribution in [0.5, 0.6) is 0 Å². The molecule has 1 aromatic carbocycles. The topological polar surface area (TPSA) is 46.3 Å². The van der Waals surface area contributed by atoms with E-state index in [0.717, 1.165) is 18.4 Å². The maximum Gasteiger partial charge on any atom is 0.223 e. The van der Waals surface area contributed by atoms with Gasteiger partial charge in [0.1, 0.15) is 0 Å². The van der Waals surface area contributed by atoms with Crippen molar-refractivity contribution in [1.29, 1.82) is 0 Å². The Morgan fingerprint density at radius 2 is 1.84 bits per heavy atom. The molecule has 2 rings (SSSR count). The summed E-state index contributed by atoms with van der Waals surface area (Å²) in [5, 5.41) is 0. The second kappa shape index (κ2) is 5.33. The minimum Gasteiger partial charge on any atom is -0.329 e. The summed E-state index contributed by atoms with van der Waals surface area (Å²) < 4.78 is 0. The van der Waals surface area contributed by atoms with Crippen LogP contribution in [0.1, 0.15) is 51.6 Å². The van der Waals surface area contributed by atoms with Gasteiger partial charge in [-0.2, -0.15) is 0 Å². The normalized spacial score (nSPS) is 25.3. The van der Waals surface area contributed by atoms with Crippen LogP contribution in [-0.4, -0.2) is 22.4 Å². The molecule has 1 aromatic rings. The van der Waals surface area contributed by atoms with Gasteiger partial charge in [-0.25, -0.2) is 0 Å². The largest absolute Gasteiger partial charge is 0.329 e. The third kappa shape index (κ3) is 2.98. The number of nitrogens with zero attached hydrogens (tertiary/aromatic N) is 1. The van der Waals surface area contributed by atoms with E-state index in [4.69, 9.17) is 5.73 Å². The zero-order valence-corrected chi connectivity index (χ0v) is 12.1. The zero-order valence-electron chi connectivity index (χ0n) is 12.1. The van der Waals surface area contributed by atoms with Gasteiger partial charge in [-0.05, 0) is 39.2 Å². The van der Waals surface area contributed by atoms with Crippen LogP contribution < -0.4 is 5.73 Å². The third-order valence-corrected chi connectivity index (χ3v) is 3.74. The molecule has 0 bridgehead atoms. The SMILES string of the molecule is CC(C)(C)N1C(=O)CCCC(N)C1c1ccccc1. The molecular weight excluding hydrogens is 236 g/mol. The average Bonchev–Trinajstić information content (AvgIpc) is 2.49. The predicted octanol–water partition coefficient (Wildman–Crippen LogP) is 2.87. The first-order valence-electron chi connectivity index (χ1n) is 7.04. The van der Waals surface area contributed by atoms with Crippen LogP contribution >= 0.6 is 0 Å². The molecule has 0 spiro atoms. The second-order valence-corrected chi connectivity index (χ2v) is 6.35. The summed E-state index contributed by atoms with van der Waals surface area (Å²) in [6.07, 6.45) is 2.39. The van der Waals surface area contributed by atoms with E-state index >= 15 is 0 Å². The van der Waals surface area contributed by atoms with Gasteiger partial charge in [0.05, 0.1) is 6.04 Å². The van der Waals surface area contributed by atoms with Crippen molar-refractivity contribution < 1.29 is 4.79 Å². The van der Waals surface area contributed by atoms with Gasteiger partial charge < -0.3 is 10.6 Å². The Labute approximate surface area is 115 Å². The van der Waals surface area contributed by atoms with E-state index in [-0.39, 0.29) is 23.5 Å². The van der Waals surface area contributed by atoms with E-state index in [1.165, 1.54) is 0 Å². The van der Waals surface area contributed by atoms with Gasteiger partial charge in [0, 0.05) is 18.0 Å². The predicted molar refractivity (Wildman–Crippen MR) is 77.6 cm³/mol. The molecular formula is C16H24N2O. The van der Waals surface area contributed by atoms with E-state index in [1.54, 1.807) is 0 Å². The summed E-state index contributed by atoms with van der Waals surface area (Å²) >= 11 is 0. The number of rotatable bonds is 1. The van der Waals surface area contributed by atoms with Crippen LogP contribution in [0.15, 0.2) is 30.3 Å². The number of carbonyl (C=O) groups excluding carboxylic acids is 1. The number of hydrogen-bond donors (Lipinski definition) is 1. The molecule has 0 radical (unpaired) electrons. The summed E-state index contributed by atoms with van der Waals surface area (Å²) in [6, 6.07) is 10.2. The maximum atomic E-state index is 12.5. The van der Waals surface area contributed by atoms with Crippen LogP contribution in [0.3, 0.4) is 0 Å². The van der Waals surface area contributed by atoms with Crippen molar-refractivity contribution in [2.75, 3.05) is 0 Å². The molecule has 0 saturated carbocycles. The van der Waals surface area contributed by atoms with Crippen molar-refractivity contribution in [1.82, 2.24) is 4.90 Å². The Bertz CT molecular complexity index is 436. The quantitative estimate of drug-likeness (QED) is 0.844. The van der Waals surface area contributed by atoms with Crippen molar-refractivity contribution in [3.05, 3.63) is 35.9 Å². The molecule has 3 nitrogen and oxygen atoms in total. The van der Waals surface area contributed by atoms with Crippen molar-refractivity contribution >= 4 is 5.91 Å². The number of hydrogen-bond acceptors (Lipinski definition) is 2. The van der Waals surface area contributed by atoms with Crippen LogP contribution in [-0.2, 0) is 4.79 Å². The number of benzene rings is 1. The van der Waals surface area contributed by atoms with Crippen LogP contribution in [0.4, 0.5) is 0 Å². The first-order valence-corrected chi connectivity index (χ1v) is 7.04. The fraction of sp³-hybridized carbons (Fsp3) is 0.562. The van der Waals surface area contributed by atoms with Gasteiger partial charge in [0.15, 0.2) is 0 Å². The molecule has 1 aliphatic heterocycles. The van der Waals surface area contributed by atoms with Crippen molar-refractivity contribution in [2.24, 2.45) is 5.73 Å². The summed E-state index contributed by atoms with van der Waals surface area (Å²) in [5.74, 6) is 0.217. The van der Waals surface area contributed by atoms with Gasteiger partial charge in [0.2, 0.25) is 5.91 Å². The third-order valence-electron chi connectivity index (χ3n) is 3.74. The Balaban J connectivity index is 2.46. The number of carbonyl (C=O) groups is 1. The van der Waals surface area contributed by atoms with E-state index in [2.05, 4.69) is 32.9 Å². The Morgan fingerprint density at radius 1 is 1.21 bits per heavy atom. The summed E-state index contributed by atoms with van der Waals surface area (Å²) in [5.41, 5.74) is 7.30. The highest BCUT2D eigenvalue weighted by atomic mass is 16.2. The molecule has 2 unspecified atom stereocenters. The van der Waals surface area contributed by atoms with E-state index in [0.29, 0.717) is 6.42 Å². The molecule has 1 aliphatic rings. The molecule has 2 atom stereocenters. The number of likely N-dealkylation sites (tertiary alicyclic amines) is 1. The monoisotopic (exact) mass is 260 g/mol. The zero-order chi connectivity index (χ0) is 14.0. The molecule has 2 N–H and O–H groups in total.